The molecule has 2 amide bonds. The highest BCUT2D eigenvalue weighted by Gasteiger charge is 2.70. The van der Waals surface area contributed by atoms with Crippen LogP contribution in [0.25, 0.3) is 0 Å². The van der Waals surface area contributed by atoms with Crippen LogP contribution in [-0.4, -0.2) is 51.2 Å². The fourth-order valence-corrected chi connectivity index (χ4v) is 10.3. The van der Waals surface area contributed by atoms with Gasteiger partial charge in [0.15, 0.2) is 0 Å². The van der Waals surface area contributed by atoms with E-state index in [2.05, 4.69) is 4.98 Å². The van der Waals surface area contributed by atoms with E-state index in [0.29, 0.717) is 0 Å². The molecule has 8 atom stereocenters. The number of aromatic nitrogens is 1. The third kappa shape index (κ3) is 3.26. The Balaban J connectivity index is 1.44. The summed E-state index contributed by atoms with van der Waals surface area (Å²) in [6.45, 7) is 3.79. The molecule has 36 heavy (non-hydrogen) atoms. The molecule has 0 radical (unpaired) electrons. The van der Waals surface area contributed by atoms with Crippen molar-refractivity contribution < 1.29 is 24.2 Å². The maximum absolute atomic E-state index is 13.8. The Kier molecular flexibility index (Phi) is 5.60. The topological polar surface area (TPSA) is 117 Å². The lowest BCUT2D eigenvalue weighted by Gasteiger charge is -2.43. The van der Waals surface area contributed by atoms with Crippen molar-refractivity contribution in [2.75, 3.05) is 7.11 Å². The number of ether oxygens (including phenoxy) is 1. The molecule has 0 unspecified atom stereocenters. The van der Waals surface area contributed by atoms with E-state index < -0.39 is 23.8 Å². The molecule has 0 spiro atoms. The first-order valence-electron chi connectivity index (χ1n) is 12.3. The van der Waals surface area contributed by atoms with Gasteiger partial charge < -0.3 is 14.8 Å². The van der Waals surface area contributed by atoms with Gasteiger partial charge in [-0.05, 0) is 42.6 Å². The number of likely N-dealkylation sites (tertiary alicyclic amines) is 1. The fourth-order valence-electron chi connectivity index (χ4n) is 7.38. The number of para-hydroxylation sites is 1. The summed E-state index contributed by atoms with van der Waals surface area (Å²) in [4.78, 5) is 56.8. The van der Waals surface area contributed by atoms with Gasteiger partial charge >= 0.3 is 10.8 Å². The predicted octanol–water partition coefficient (Wildman–Crippen LogP) is 3.42. The number of carbonyl (C=O) groups excluding carboxylic acids is 2. The van der Waals surface area contributed by atoms with Crippen molar-refractivity contribution in [2.45, 2.75) is 48.9 Å². The molecule has 3 fully saturated rings. The molecule has 2 N–H and O–H groups in total. The van der Waals surface area contributed by atoms with E-state index in [1.54, 1.807) is 18.9 Å². The van der Waals surface area contributed by atoms with Crippen molar-refractivity contribution in [2.24, 2.45) is 35.5 Å². The van der Waals surface area contributed by atoms with Gasteiger partial charge in [-0.15, -0.1) is 11.8 Å². The van der Waals surface area contributed by atoms with Crippen LogP contribution >= 0.6 is 23.1 Å². The first-order chi connectivity index (χ1) is 17.2. The number of thiazole rings is 1. The van der Waals surface area contributed by atoms with Gasteiger partial charge in [0.1, 0.15) is 11.8 Å². The molecule has 2 saturated carbocycles. The summed E-state index contributed by atoms with van der Waals surface area (Å²) in [5.41, 5.74) is 0.979. The van der Waals surface area contributed by atoms with Crippen LogP contribution in [0.3, 0.4) is 0 Å². The average molecular weight is 529 g/mol. The first kappa shape index (κ1) is 23.8. The van der Waals surface area contributed by atoms with Crippen LogP contribution in [0, 0.1) is 35.5 Å². The number of aliphatic carboxylic acids is 1. The van der Waals surface area contributed by atoms with Gasteiger partial charge in [0.2, 0.25) is 11.8 Å². The van der Waals surface area contributed by atoms with Gasteiger partial charge in [-0.25, -0.2) is 4.79 Å². The normalized spacial score (nSPS) is 33.0. The quantitative estimate of drug-likeness (QED) is 0.552. The summed E-state index contributed by atoms with van der Waals surface area (Å²) in [5.74, 6) is -2.22. The lowest BCUT2D eigenvalue weighted by atomic mass is 9.68. The van der Waals surface area contributed by atoms with Gasteiger partial charge in [0, 0.05) is 21.6 Å². The predicted molar refractivity (Wildman–Crippen MR) is 134 cm³/mol. The number of carbonyl (C=O) groups is 3. The molecule has 1 aromatic carbocycles. The SMILES string of the molecule is COc1ccccc1[C@@H]1c2sc(=O)[nH]c2S[C@@H]2[C@H]3C[C@@H]([C@@H]4C(=O)N([C@H](CC(C)C)C(=O)O)C(=O)[C@H]34)[C@@H]12. The number of fused-ring (bicyclic) bond motifs is 9. The number of nitrogens with one attached hydrogen (secondary N) is 1. The number of hydrogen-bond donors (Lipinski definition) is 2. The molecule has 1 saturated heterocycles. The number of H-pyrrole nitrogens is 1. The lowest BCUT2D eigenvalue weighted by molar-refractivity contribution is -0.156. The maximum Gasteiger partial charge on any atom is 0.326 e. The monoisotopic (exact) mass is 528 g/mol. The number of carboxylic acid groups (broad SMARTS) is 1. The van der Waals surface area contributed by atoms with Gasteiger partial charge in [-0.3, -0.25) is 19.3 Å². The number of methoxy groups -OCH3 is 1. The summed E-state index contributed by atoms with van der Waals surface area (Å²) < 4.78 is 5.70. The Morgan fingerprint density at radius 3 is 2.53 bits per heavy atom. The van der Waals surface area contributed by atoms with Crippen LogP contribution in [0.1, 0.15) is 43.0 Å². The van der Waals surface area contributed by atoms with E-state index in [1.165, 1.54) is 11.3 Å². The largest absolute Gasteiger partial charge is 0.496 e. The number of rotatable bonds is 6. The number of hydrogen-bond acceptors (Lipinski definition) is 7. The van der Waals surface area contributed by atoms with E-state index in [1.807, 2.05) is 38.1 Å². The Morgan fingerprint density at radius 1 is 1.17 bits per heavy atom. The number of aromatic amines is 1. The van der Waals surface area contributed by atoms with E-state index in [0.717, 1.165) is 32.5 Å². The first-order valence-corrected chi connectivity index (χ1v) is 14.0. The Morgan fingerprint density at radius 2 is 1.86 bits per heavy atom. The second kappa shape index (κ2) is 8.48. The van der Waals surface area contributed by atoms with Crippen molar-refractivity contribution in [1.29, 1.82) is 0 Å². The van der Waals surface area contributed by atoms with Crippen molar-refractivity contribution in [3.63, 3.8) is 0 Å². The maximum atomic E-state index is 13.8. The van der Waals surface area contributed by atoms with Crippen molar-refractivity contribution in [3.8, 4) is 5.75 Å². The van der Waals surface area contributed by atoms with Gasteiger partial charge in [-0.1, -0.05) is 43.4 Å². The van der Waals surface area contributed by atoms with Crippen LogP contribution in [0.5, 0.6) is 5.75 Å². The van der Waals surface area contributed by atoms with E-state index >= 15 is 0 Å². The number of thioether (sulfide) groups is 1. The zero-order chi connectivity index (χ0) is 25.5. The van der Waals surface area contributed by atoms with Crippen LogP contribution in [-0.2, 0) is 14.4 Å². The molecule has 2 aliphatic heterocycles. The highest BCUT2D eigenvalue weighted by atomic mass is 32.2. The van der Waals surface area contributed by atoms with Crippen LogP contribution in [0.2, 0.25) is 0 Å². The van der Waals surface area contributed by atoms with E-state index in [9.17, 15) is 24.3 Å². The number of amides is 2. The molecule has 6 rings (SSSR count). The van der Waals surface area contributed by atoms with E-state index in [4.69, 9.17) is 4.74 Å². The zero-order valence-electron chi connectivity index (χ0n) is 20.2. The molecule has 10 heteroatoms. The molecule has 8 nitrogen and oxygen atoms in total. The second-order valence-electron chi connectivity index (χ2n) is 10.7. The van der Waals surface area contributed by atoms with Crippen molar-refractivity contribution in [3.05, 3.63) is 44.4 Å². The minimum atomic E-state index is -1.13. The Bertz CT molecular complexity index is 1320. The Labute approximate surface area is 216 Å². The number of nitrogens with zero attached hydrogens (tertiary/aromatic N) is 1. The molecular formula is C26H28N2O6S2. The third-order valence-electron chi connectivity index (χ3n) is 8.52. The molecule has 190 valence electrons. The van der Waals surface area contributed by atoms with Crippen LogP contribution in [0.4, 0.5) is 0 Å². The lowest BCUT2D eigenvalue weighted by Crippen LogP contribution is -2.47. The van der Waals surface area contributed by atoms with E-state index in [-0.39, 0.29) is 57.9 Å². The second-order valence-corrected chi connectivity index (χ2v) is 12.9. The number of imide groups is 1. The molecule has 4 aliphatic rings. The summed E-state index contributed by atoms with van der Waals surface area (Å²) >= 11 is 2.82. The smallest absolute Gasteiger partial charge is 0.326 e. The molecule has 2 bridgehead atoms. The van der Waals surface area contributed by atoms with Gasteiger partial charge in [0.05, 0.1) is 24.0 Å². The average Bonchev–Trinajstić information content (AvgIpc) is 3.56. The summed E-state index contributed by atoms with van der Waals surface area (Å²) in [5, 5.41) is 10.8. The Hall–Kier alpha value is -2.59. The van der Waals surface area contributed by atoms with Crippen LogP contribution < -0.4 is 9.61 Å². The molecular weight excluding hydrogens is 500 g/mol. The summed E-state index contributed by atoms with van der Waals surface area (Å²) in [6, 6.07) is 6.66. The minimum Gasteiger partial charge on any atom is -0.496 e. The third-order valence-corrected chi connectivity index (χ3v) is 11.1. The number of benzene rings is 1. The highest BCUT2D eigenvalue weighted by molar-refractivity contribution is 8.00. The molecule has 2 aromatic rings. The molecule has 1 aromatic heterocycles. The molecule has 3 heterocycles. The van der Waals surface area contributed by atoms with Crippen LogP contribution in [0.15, 0.2) is 34.1 Å². The van der Waals surface area contributed by atoms with Crippen molar-refractivity contribution in [1.82, 2.24) is 9.88 Å². The van der Waals surface area contributed by atoms with Crippen molar-refractivity contribution >= 4 is 40.9 Å². The zero-order valence-corrected chi connectivity index (χ0v) is 21.8. The summed E-state index contributed by atoms with van der Waals surface area (Å²) in [6.07, 6.45) is 1.00. The van der Waals surface area contributed by atoms with Gasteiger partial charge in [-0.2, -0.15) is 0 Å². The molecule has 2 aliphatic carbocycles. The minimum absolute atomic E-state index is 0.0322. The number of carboxylic acids is 1. The summed E-state index contributed by atoms with van der Waals surface area (Å²) in [7, 11) is 1.63. The highest BCUT2D eigenvalue weighted by Crippen LogP contribution is 2.69. The van der Waals surface area contributed by atoms with Gasteiger partial charge in [0.25, 0.3) is 0 Å². The fraction of sp³-hybridized carbons (Fsp3) is 0.538. The standard InChI is InChI=1S/C26H28N2O6S2/c1-10(2)8-14(25(31)32)28-23(29)18-12-9-13(19(18)24(28)30)20-17(12)16(11-6-4-5-7-15(11)34-3)21-22(35-20)27-26(33)36-21/h4-7,10,12-14,16-20H,8-9H2,1-3H3,(H,27,33)(H,31,32)/t12-,13+,14-,16+,17+,18+,19-,20-/m1/s1.